The van der Waals surface area contributed by atoms with Gasteiger partial charge in [-0.15, -0.1) is 0 Å². The molecule has 3 aromatic rings. The molecule has 114 valence electrons. The SMILES string of the molecule is CCc1ccccc1-c1cccnc1-c1ccc([N+](=O)[O-])cc1. The first kappa shape index (κ1) is 14.9. The van der Waals surface area contributed by atoms with Crippen LogP contribution in [0.1, 0.15) is 12.5 Å². The fourth-order valence-electron chi connectivity index (χ4n) is 2.69. The highest BCUT2D eigenvalue weighted by molar-refractivity contribution is 5.82. The first-order valence-corrected chi connectivity index (χ1v) is 7.49. The summed E-state index contributed by atoms with van der Waals surface area (Å²) in [5, 5.41) is 10.8. The number of hydrogen-bond donors (Lipinski definition) is 0. The van der Waals surface area contributed by atoms with E-state index in [1.807, 2.05) is 24.3 Å². The zero-order valence-corrected chi connectivity index (χ0v) is 12.8. The zero-order chi connectivity index (χ0) is 16.2. The Morgan fingerprint density at radius 3 is 2.35 bits per heavy atom. The van der Waals surface area contributed by atoms with Crippen molar-refractivity contribution >= 4 is 5.69 Å². The van der Waals surface area contributed by atoms with Crippen molar-refractivity contribution in [2.75, 3.05) is 0 Å². The second kappa shape index (κ2) is 6.40. The van der Waals surface area contributed by atoms with E-state index in [1.54, 1.807) is 18.3 Å². The second-order valence-corrected chi connectivity index (χ2v) is 5.21. The second-order valence-electron chi connectivity index (χ2n) is 5.21. The summed E-state index contributed by atoms with van der Waals surface area (Å²) >= 11 is 0. The smallest absolute Gasteiger partial charge is 0.258 e. The van der Waals surface area contributed by atoms with Crippen LogP contribution in [-0.4, -0.2) is 9.91 Å². The summed E-state index contributed by atoms with van der Waals surface area (Å²) in [5.74, 6) is 0. The predicted octanol–water partition coefficient (Wildman–Crippen LogP) is 4.89. The Morgan fingerprint density at radius 1 is 0.957 bits per heavy atom. The Balaban J connectivity index is 2.13. The van der Waals surface area contributed by atoms with Gasteiger partial charge in [-0.05, 0) is 35.7 Å². The third-order valence-corrected chi connectivity index (χ3v) is 3.85. The summed E-state index contributed by atoms with van der Waals surface area (Å²) in [6.07, 6.45) is 2.68. The quantitative estimate of drug-likeness (QED) is 0.509. The topological polar surface area (TPSA) is 56.0 Å². The van der Waals surface area contributed by atoms with Gasteiger partial charge in [-0.25, -0.2) is 0 Å². The molecule has 0 aliphatic heterocycles. The van der Waals surface area contributed by atoms with Gasteiger partial charge in [0.2, 0.25) is 0 Å². The van der Waals surface area contributed by atoms with E-state index in [0.717, 1.165) is 28.8 Å². The fraction of sp³-hybridized carbons (Fsp3) is 0.105. The molecule has 0 fully saturated rings. The molecule has 0 amide bonds. The molecule has 0 saturated carbocycles. The number of aryl methyl sites for hydroxylation is 1. The van der Waals surface area contributed by atoms with Crippen LogP contribution in [0.3, 0.4) is 0 Å². The first-order valence-electron chi connectivity index (χ1n) is 7.49. The van der Waals surface area contributed by atoms with Crippen molar-refractivity contribution in [2.24, 2.45) is 0 Å². The zero-order valence-electron chi connectivity index (χ0n) is 12.8. The van der Waals surface area contributed by atoms with Crippen LogP contribution in [0.15, 0.2) is 66.9 Å². The molecule has 0 aliphatic rings. The van der Waals surface area contributed by atoms with Crippen LogP contribution in [0.25, 0.3) is 22.4 Å². The molecular weight excluding hydrogens is 288 g/mol. The Morgan fingerprint density at radius 2 is 1.65 bits per heavy atom. The van der Waals surface area contributed by atoms with Gasteiger partial charge in [0.15, 0.2) is 0 Å². The third-order valence-electron chi connectivity index (χ3n) is 3.85. The van der Waals surface area contributed by atoms with Gasteiger partial charge in [-0.3, -0.25) is 15.1 Å². The summed E-state index contributed by atoms with van der Waals surface area (Å²) in [5.41, 5.74) is 5.24. The van der Waals surface area contributed by atoms with Gasteiger partial charge in [0.1, 0.15) is 0 Å². The van der Waals surface area contributed by atoms with E-state index in [0.29, 0.717) is 0 Å². The van der Waals surface area contributed by atoms with Crippen LogP contribution >= 0.6 is 0 Å². The molecule has 0 atom stereocenters. The molecule has 4 nitrogen and oxygen atoms in total. The van der Waals surface area contributed by atoms with Crippen molar-refractivity contribution in [3.63, 3.8) is 0 Å². The molecule has 1 aromatic heterocycles. The van der Waals surface area contributed by atoms with Crippen molar-refractivity contribution in [1.29, 1.82) is 0 Å². The summed E-state index contributed by atoms with van der Waals surface area (Å²) in [6.45, 7) is 2.13. The molecule has 2 aromatic carbocycles. The number of non-ortho nitro benzene ring substituents is 1. The van der Waals surface area contributed by atoms with Crippen LogP contribution in [0, 0.1) is 10.1 Å². The molecule has 0 N–H and O–H groups in total. The van der Waals surface area contributed by atoms with Crippen LogP contribution in [0.5, 0.6) is 0 Å². The number of rotatable bonds is 4. The number of pyridine rings is 1. The Labute approximate surface area is 134 Å². The van der Waals surface area contributed by atoms with Gasteiger partial charge in [0, 0.05) is 29.5 Å². The minimum Gasteiger partial charge on any atom is -0.258 e. The van der Waals surface area contributed by atoms with Gasteiger partial charge in [0.05, 0.1) is 10.6 Å². The lowest BCUT2D eigenvalue weighted by Crippen LogP contribution is -1.93. The molecule has 23 heavy (non-hydrogen) atoms. The maximum absolute atomic E-state index is 10.8. The van der Waals surface area contributed by atoms with E-state index in [9.17, 15) is 10.1 Å². The van der Waals surface area contributed by atoms with Crippen molar-refractivity contribution in [2.45, 2.75) is 13.3 Å². The number of nitro groups is 1. The van der Waals surface area contributed by atoms with Gasteiger partial charge in [-0.1, -0.05) is 37.3 Å². The third kappa shape index (κ3) is 2.97. The highest BCUT2D eigenvalue weighted by Gasteiger charge is 2.12. The van der Waals surface area contributed by atoms with Gasteiger partial charge in [0.25, 0.3) is 5.69 Å². The average molecular weight is 304 g/mol. The lowest BCUT2D eigenvalue weighted by molar-refractivity contribution is -0.384. The van der Waals surface area contributed by atoms with Crippen LogP contribution in [0.4, 0.5) is 5.69 Å². The van der Waals surface area contributed by atoms with E-state index in [2.05, 4.69) is 24.0 Å². The van der Waals surface area contributed by atoms with E-state index in [4.69, 9.17) is 0 Å². The highest BCUT2D eigenvalue weighted by Crippen LogP contribution is 2.33. The summed E-state index contributed by atoms with van der Waals surface area (Å²) in [4.78, 5) is 14.9. The minimum absolute atomic E-state index is 0.0835. The van der Waals surface area contributed by atoms with Gasteiger partial charge in [-0.2, -0.15) is 0 Å². The minimum atomic E-state index is -0.393. The molecule has 0 spiro atoms. The number of hydrogen-bond acceptors (Lipinski definition) is 3. The highest BCUT2D eigenvalue weighted by atomic mass is 16.6. The molecule has 0 unspecified atom stereocenters. The Bertz CT molecular complexity index is 842. The summed E-state index contributed by atoms with van der Waals surface area (Å²) < 4.78 is 0. The van der Waals surface area contributed by atoms with E-state index < -0.39 is 4.92 Å². The lowest BCUT2D eigenvalue weighted by atomic mass is 9.94. The summed E-state index contributed by atoms with van der Waals surface area (Å²) in [7, 11) is 0. The molecule has 0 aliphatic carbocycles. The van der Waals surface area contributed by atoms with Crippen molar-refractivity contribution in [3.8, 4) is 22.4 Å². The number of nitrogens with zero attached hydrogens (tertiary/aromatic N) is 2. The van der Waals surface area contributed by atoms with Crippen LogP contribution in [0.2, 0.25) is 0 Å². The number of benzene rings is 2. The standard InChI is InChI=1S/C19H16N2O2/c1-2-14-6-3-4-7-17(14)18-8-5-13-20-19(18)15-9-11-16(12-10-15)21(22)23/h3-13H,2H2,1H3. The molecule has 4 heteroatoms. The van der Waals surface area contributed by atoms with Crippen molar-refractivity contribution < 1.29 is 4.92 Å². The molecular formula is C19H16N2O2. The maximum Gasteiger partial charge on any atom is 0.269 e. The molecule has 1 heterocycles. The first-order chi connectivity index (χ1) is 11.2. The molecule has 0 saturated heterocycles. The van der Waals surface area contributed by atoms with Gasteiger partial charge >= 0.3 is 0 Å². The molecule has 0 bridgehead atoms. The van der Waals surface area contributed by atoms with E-state index in [1.165, 1.54) is 17.7 Å². The largest absolute Gasteiger partial charge is 0.269 e. The number of aromatic nitrogens is 1. The average Bonchev–Trinajstić information content (AvgIpc) is 2.62. The van der Waals surface area contributed by atoms with Crippen molar-refractivity contribution in [1.82, 2.24) is 4.98 Å². The lowest BCUT2D eigenvalue weighted by Gasteiger charge is -2.12. The normalized spacial score (nSPS) is 10.5. The molecule has 0 radical (unpaired) electrons. The van der Waals surface area contributed by atoms with Crippen LogP contribution < -0.4 is 0 Å². The predicted molar refractivity (Wildman–Crippen MR) is 91.1 cm³/mol. The Hall–Kier alpha value is -3.01. The maximum atomic E-state index is 10.8. The fourth-order valence-corrected chi connectivity index (χ4v) is 2.69. The monoisotopic (exact) mass is 304 g/mol. The molecule has 3 rings (SSSR count). The van der Waals surface area contributed by atoms with Gasteiger partial charge < -0.3 is 0 Å². The Kier molecular flexibility index (Phi) is 4.15. The van der Waals surface area contributed by atoms with Crippen molar-refractivity contribution in [3.05, 3.63) is 82.5 Å². The number of nitro benzene ring substituents is 1. The van der Waals surface area contributed by atoms with E-state index in [-0.39, 0.29) is 5.69 Å². The van der Waals surface area contributed by atoms with Crippen LogP contribution in [-0.2, 0) is 6.42 Å². The summed E-state index contributed by atoms with van der Waals surface area (Å²) in [6, 6.07) is 18.7. The van der Waals surface area contributed by atoms with E-state index >= 15 is 0 Å².